The first kappa shape index (κ1) is 18.5. The van der Waals surface area contributed by atoms with E-state index in [0.717, 1.165) is 40.8 Å². The number of rotatable bonds is 4. The standard InChI is InChI=1S/C21H24ClN3OS/c1-4-26-16-7-5-15(6-8-16)17-14(3)27-20-18(17)19(23-21(22)24-20)25-11-9-13(2)10-12-25/h5-8,13H,4,9-12H2,1-3H3. The van der Waals surface area contributed by atoms with Crippen LogP contribution in [0.2, 0.25) is 5.28 Å². The van der Waals surface area contributed by atoms with Crippen molar-refractivity contribution in [3.05, 3.63) is 34.4 Å². The molecule has 0 saturated carbocycles. The van der Waals surface area contributed by atoms with Crippen LogP contribution in [0.1, 0.15) is 31.6 Å². The van der Waals surface area contributed by atoms with Crippen LogP contribution in [0.5, 0.6) is 5.75 Å². The van der Waals surface area contributed by atoms with E-state index >= 15 is 0 Å². The van der Waals surface area contributed by atoms with Crippen molar-refractivity contribution in [3.8, 4) is 16.9 Å². The third-order valence-corrected chi connectivity index (χ3v) is 6.39. The third kappa shape index (κ3) is 3.63. The highest BCUT2D eigenvalue weighted by Crippen LogP contribution is 2.43. The van der Waals surface area contributed by atoms with Gasteiger partial charge in [-0.15, -0.1) is 11.3 Å². The molecule has 6 heteroatoms. The Hall–Kier alpha value is -1.85. The van der Waals surface area contributed by atoms with Gasteiger partial charge in [-0.05, 0) is 61.9 Å². The number of thiophene rings is 1. The zero-order valence-corrected chi connectivity index (χ0v) is 17.5. The molecule has 1 aliphatic rings. The number of halogens is 1. The molecule has 3 heterocycles. The van der Waals surface area contributed by atoms with E-state index in [9.17, 15) is 0 Å². The maximum absolute atomic E-state index is 6.28. The van der Waals surface area contributed by atoms with Crippen LogP contribution in [0, 0.1) is 12.8 Å². The molecule has 0 N–H and O–H groups in total. The smallest absolute Gasteiger partial charge is 0.225 e. The Morgan fingerprint density at radius 3 is 2.56 bits per heavy atom. The summed E-state index contributed by atoms with van der Waals surface area (Å²) in [5, 5.41) is 1.45. The first-order chi connectivity index (χ1) is 13.1. The van der Waals surface area contributed by atoms with E-state index in [2.05, 4.69) is 40.8 Å². The van der Waals surface area contributed by atoms with Crippen molar-refractivity contribution in [1.29, 1.82) is 0 Å². The molecule has 0 amide bonds. The van der Waals surface area contributed by atoms with Crippen LogP contribution in [0.4, 0.5) is 5.82 Å². The predicted molar refractivity (Wildman–Crippen MR) is 114 cm³/mol. The van der Waals surface area contributed by atoms with Gasteiger partial charge in [-0.3, -0.25) is 0 Å². The summed E-state index contributed by atoms with van der Waals surface area (Å²) in [6.45, 7) is 9.16. The summed E-state index contributed by atoms with van der Waals surface area (Å²) in [4.78, 5) is 13.8. The fourth-order valence-corrected chi connectivity index (χ4v) is 5.00. The fraction of sp³-hybridized carbons (Fsp3) is 0.429. The molecular weight excluding hydrogens is 378 g/mol. The number of hydrogen-bond acceptors (Lipinski definition) is 5. The van der Waals surface area contributed by atoms with Crippen LogP contribution in [0.15, 0.2) is 24.3 Å². The molecule has 0 atom stereocenters. The van der Waals surface area contributed by atoms with E-state index in [1.54, 1.807) is 11.3 Å². The van der Waals surface area contributed by atoms with Gasteiger partial charge in [0.25, 0.3) is 0 Å². The summed E-state index contributed by atoms with van der Waals surface area (Å²) in [5.41, 5.74) is 2.38. The lowest BCUT2D eigenvalue weighted by molar-refractivity contribution is 0.340. The molecule has 1 aromatic carbocycles. The third-order valence-electron chi connectivity index (χ3n) is 5.22. The Morgan fingerprint density at radius 2 is 1.89 bits per heavy atom. The van der Waals surface area contributed by atoms with E-state index in [0.29, 0.717) is 11.9 Å². The largest absolute Gasteiger partial charge is 0.494 e. The Balaban J connectivity index is 1.84. The van der Waals surface area contributed by atoms with Gasteiger partial charge in [0.15, 0.2) is 0 Å². The normalized spacial score (nSPS) is 15.5. The summed E-state index contributed by atoms with van der Waals surface area (Å²) < 4.78 is 5.59. The van der Waals surface area contributed by atoms with Gasteiger partial charge >= 0.3 is 0 Å². The van der Waals surface area contributed by atoms with Gasteiger partial charge in [-0.2, -0.15) is 4.98 Å². The average molecular weight is 402 g/mol. The number of fused-ring (bicyclic) bond motifs is 1. The number of nitrogens with zero attached hydrogens (tertiary/aromatic N) is 3. The summed E-state index contributed by atoms with van der Waals surface area (Å²) in [6, 6.07) is 8.30. The molecule has 0 spiro atoms. The zero-order chi connectivity index (χ0) is 19.0. The van der Waals surface area contributed by atoms with Crippen LogP contribution in [0.3, 0.4) is 0 Å². The van der Waals surface area contributed by atoms with Gasteiger partial charge in [0.1, 0.15) is 16.4 Å². The van der Waals surface area contributed by atoms with E-state index in [1.165, 1.54) is 28.8 Å². The molecule has 4 nitrogen and oxygen atoms in total. The Bertz CT molecular complexity index is 946. The lowest BCUT2D eigenvalue weighted by atomic mass is 9.98. The van der Waals surface area contributed by atoms with Crippen molar-refractivity contribution in [3.63, 3.8) is 0 Å². The number of aryl methyl sites for hydroxylation is 1. The highest BCUT2D eigenvalue weighted by atomic mass is 35.5. The van der Waals surface area contributed by atoms with Crippen molar-refractivity contribution in [2.24, 2.45) is 5.92 Å². The van der Waals surface area contributed by atoms with Crippen LogP contribution in [-0.4, -0.2) is 29.7 Å². The lowest BCUT2D eigenvalue weighted by Gasteiger charge is -2.31. The van der Waals surface area contributed by atoms with Crippen molar-refractivity contribution in [1.82, 2.24) is 9.97 Å². The lowest BCUT2D eigenvalue weighted by Crippen LogP contribution is -2.33. The van der Waals surface area contributed by atoms with Gasteiger partial charge in [0.05, 0.1) is 12.0 Å². The minimum absolute atomic E-state index is 0.329. The van der Waals surface area contributed by atoms with E-state index in [1.807, 2.05) is 19.1 Å². The monoisotopic (exact) mass is 401 g/mol. The number of anilines is 1. The van der Waals surface area contributed by atoms with E-state index < -0.39 is 0 Å². The minimum Gasteiger partial charge on any atom is -0.494 e. The van der Waals surface area contributed by atoms with Gasteiger partial charge < -0.3 is 9.64 Å². The van der Waals surface area contributed by atoms with Crippen LogP contribution in [0.25, 0.3) is 21.3 Å². The molecule has 1 saturated heterocycles. The van der Waals surface area contributed by atoms with Crippen molar-refractivity contribution in [2.75, 3.05) is 24.6 Å². The first-order valence-electron chi connectivity index (χ1n) is 9.51. The van der Waals surface area contributed by atoms with Crippen LogP contribution >= 0.6 is 22.9 Å². The first-order valence-corrected chi connectivity index (χ1v) is 10.7. The SMILES string of the molecule is CCOc1ccc(-c2c(C)sc3nc(Cl)nc(N4CCC(C)CC4)c23)cc1. The maximum atomic E-state index is 6.28. The Kier molecular flexibility index (Phi) is 5.24. The predicted octanol–water partition coefficient (Wildman–Crippen LogP) is 5.96. The highest BCUT2D eigenvalue weighted by molar-refractivity contribution is 7.19. The molecule has 4 rings (SSSR count). The quantitative estimate of drug-likeness (QED) is 0.506. The molecule has 1 aliphatic heterocycles. The summed E-state index contributed by atoms with van der Waals surface area (Å²) in [7, 11) is 0. The molecule has 142 valence electrons. The number of piperidine rings is 1. The van der Waals surface area contributed by atoms with Crippen LogP contribution < -0.4 is 9.64 Å². The molecule has 0 bridgehead atoms. The number of ether oxygens (including phenoxy) is 1. The Morgan fingerprint density at radius 1 is 1.19 bits per heavy atom. The summed E-state index contributed by atoms with van der Waals surface area (Å²) in [6.07, 6.45) is 2.37. The second-order valence-electron chi connectivity index (χ2n) is 7.16. The summed E-state index contributed by atoms with van der Waals surface area (Å²) >= 11 is 7.96. The van der Waals surface area contributed by atoms with Crippen molar-refractivity contribution < 1.29 is 4.74 Å². The number of hydrogen-bond donors (Lipinski definition) is 0. The second kappa shape index (κ2) is 7.64. The number of benzene rings is 1. The molecule has 3 aromatic rings. The van der Waals surface area contributed by atoms with Gasteiger partial charge in [-0.1, -0.05) is 19.1 Å². The Labute approximate surface area is 169 Å². The molecule has 27 heavy (non-hydrogen) atoms. The number of aromatic nitrogens is 2. The maximum Gasteiger partial charge on any atom is 0.225 e. The molecule has 0 radical (unpaired) electrons. The summed E-state index contributed by atoms with van der Waals surface area (Å²) in [5.74, 6) is 2.64. The molecule has 2 aromatic heterocycles. The molecule has 0 aliphatic carbocycles. The zero-order valence-electron chi connectivity index (χ0n) is 16.0. The van der Waals surface area contributed by atoms with Crippen LogP contribution in [-0.2, 0) is 0 Å². The highest BCUT2D eigenvalue weighted by Gasteiger charge is 2.24. The van der Waals surface area contributed by atoms with E-state index in [4.69, 9.17) is 16.3 Å². The van der Waals surface area contributed by atoms with Gasteiger partial charge in [0, 0.05) is 23.5 Å². The van der Waals surface area contributed by atoms with Gasteiger partial charge in [-0.25, -0.2) is 4.98 Å². The molecule has 1 fully saturated rings. The molecule has 0 unspecified atom stereocenters. The minimum atomic E-state index is 0.329. The molecular formula is C21H24ClN3OS. The van der Waals surface area contributed by atoms with E-state index in [-0.39, 0.29) is 0 Å². The second-order valence-corrected chi connectivity index (χ2v) is 8.70. The fourth-order valence-electron chi connectivity index (χ4n) is 3.75. The van der Waals surface area contributed by atoms with Gasteiger partial charge in [0.2, 0.25) is 5.28 Å². The topological polar surface area (TPSA) is 38.3 Å². The van der Waals surface area contributed by atoms with Crippen molar-refractivity contribution >= 4 is 39.0 Å². The van der Waals surface area contributed by atoms with Crippen molar-refractivity contribution in [2.45, 2.75) is 33.6 Å². The average Bonchev–Trinajstić information content (AvgIpc) is 2.98.